The Morgan fingerprint density at radius 3 is 2.86 bits per heavy atom. The molecule has 1 saturated carbocycles. The molecule has 0 aromatic heterocycles. The van der Waals surface area contributed by atoms with Gasteiger partial charge in [-0.1, -0.05) is 30.5 Å². The van der Waals surface area contributed by atoms with Crippen LogP contribution in [0.3, 0.4) is 0 Å². The molecule has 1 aromatic rings. The standard InChI is InChI=1S/C16H23ClN2O2.ClH/c1-11-13(17)6-4-8-15(11)21-10-16(20)19-14-7-3-2-5-12(14)9-18;/h4,6,8,12,14H,2-3,5,7,9-10,18H2,1H3,(H,19,20);1H. The largest absolute Gasteiger partial charge is 0.483 e. The van der Waals surface area contributed by atoms with E-state index in [0.29, 0.717) is 23.2 Å². The van der Waals surface area contributed by atoms with Crippen LogP contribution in [0, 0.1) is 12.8 Å². The summed E-state index contributed by atoms with van der Waals surface area (Å²) in [7, 11) is 0. The fraction of sp³-hybridized carbons (Fsp3) is 0.562. The van der Waals surface area contributed by atoms with Crippen molar-refractivity contribution >= 4 is 29.9 Å². The lowest BCUT2D eigenvalue weighted by molar-refractivity contribution is -0.124. The average Bonchev–Trinajstić information content (AvgIpc) is 2.49. The molecule has 4 nitrogen and oxygen atoms in total. The molecule has 2 unspecified atom stereocenters. The zero-order chi connectivity index (χ0) is 15.2. The van der Waals surface area contributed by atoms with Gasteiger partial charge in [-0.25, -0.2) is 0 Å². The molecular weight excluding hydrogens is 323 g/mol. The molecular formula is C16H24Cl2N2O2. The quantitative estimate of drug-likeness (QED) is 0.860. The number of benzene rings is 1. The lowest BCUT2D eigenvalue weighted by Crippen LogP contribution is -2.46. The van der Waals surface area contributed by atoms with Gasteiger partial charge in [-0.3, -0.25) is 4.79 Å². The number of carbonyl (C=O) groups excluding carboxylic acids is 1. The Morgan fingerprint density at radius 2 is 2.14 bits per heavy atom. The van der Waals surface area contributed by atoms with Gasteiger partial charge < -0.3 is 15.8 Å². The van der Waals surface area contributed by atoms with E-state index in [-0.39, 0.29) is 31.0 Å². The molecule has 0 bridgehead atoms. The van der Waals surface area contributed by atoms with Crippen LogP contribution in [-0.4, -0.2) is 25.1 Å². The van der Waals surface area contributed by atoms with Crippen molar-refractivity contribution in [1.82, 2.24) is 5.32 Å². The summed E-state index contributed by atoms with van der Waals surface area (Å²) in [6, 6.07) is 5.62. The van der Waals surface area contributed by atoms with Crippen molar-refractivity contribution in [3.05, 3.63) is 28.8 Å². The van der Waals surface area contributed by atoms with Crippen molar-refractivity contribution < 1.29 is 9.53 Å². The van der Waals surface area contributed by atoms with E-state index in [9.17, 15) is 4.79 Å². The average molecular weight is 347 g/mol. The fourth-order valence-corrected chi connectivity index (χ4v) is 2.98. The molecule has 1 aliphatic carbocycles. The van der Waals surface area contributed by atoms with E-state index in [2.05, 4.69) is 5.32 Å². The van der Waals surface area contributed by atoms with Crippen LogP contribution in [0.2, 0.25) is 5.02 Å². The van der Waals surface area contributed by atoms with Gasteiger partial charge >= 0.3 is 0 Å². The highest BCUT2D eigenvalue weighted by Gasteiger charge is 2.25. The maximum atomic E-state index is 12.0. The van der Waals surface area contributed by atoms with Gasteiger partial charge in [0.15, 0.2) is 6.61 Å². The number of hydrogen-bond donors (Lipinski definition) is 2. The van der Waals surface area contributed by atoms with Crippen molar-refractivity contribution in [2.24, 2.45) is 11.7 Å². The van der Waals surface area contributed by atoms with Crippen LogP contribution >= 0.6 is 24.0 Å². The summed E-state index contributed by atoms with van der Waals surface area (Å²) in [6.07, 6.45) is 4.45. The summed E-state index contributed by atoms with van der Waals surface area (Å²) in [5.74, 6) is 0.937. The Kier molecular flexibility index (Phi) is 8.01. The van der Waals surface area contributed by atoms with Crippen LogP contribution in [-0.2, 0) is 4.79 Å². The summed E-state index contributed by atoms with van der Waals surface area (Å²) < 4.78 is 5.56. The van der Waals surface area contributed by atoms with Crippen LogP contribution in [0.15, 0.2) is 18.2 Å². The molecule has 124 valence electrons. The van der Waals surface area contributed by atoms with Gasteiger partial charge in [0, 0.05) is 16.6 Å². The molecule has 1 fully saturated rings. The Labute approximate surface area is 143 Å². The highest BCUT2D eigenvalue weighted by Crippen LogP contribution is 2.25. The zero-order valence-electron chi connectivity index (χ0n) is 12.8. The second-order valence-electron chi connectivity index (χ2n) is 5.61. The van der Waals surface area contributed by atoms with Crippen LogP contribution < -0.4 is 15.8 Å². The third kappa shape index (κ3) is 5.04. The summed E-state index contributed by atoms with van der Waals surface area (Å²) in [6.45, 7) is 2.51. The molecule has 0 aliphatic heterocycles. The summed E-state index contributed by atoms with van der Waals surface area (Å²) in [5.41, 5.74) is 6.63. The number of carbonyl (C=O) groups is 1. The van der Waals surface area contributed by atoms with E-state index in [1.807, 2.05) is 19.1 Å². The van der Waals surface area contributed by atoms with E-state index in [1.54, 1.807) is 6.07 Å². The Balaban J connectivity index is 0.00000242. The molecule has 1 aliphatic rings. The first-order valence-corrected chi connectivity index (χ1v) is 7.87. The molecule has 0 spiro atoms. The number of amides is 1. The van der Waals surface area contributed by atoms with E-state index in [1.165, 1.54) is 6.42 Å². The monoisotopic (exact) mass is 346 g/mol. The van der Waals surface area contributed by atoms with Gasteiger partial charge in [0.05, 0.1) is 0 Å². The van der Waals surface area contributed by atoms with Gasteiger partial charge in [0.2, 0.25) is 0 Å². The Morgan fingerprint density at radius 1 is 1.41 bits per heavy atom. The third-order valence-corrected chi connectivity index (χ3v) is 4.54. The number of nitrogens with two attached hydrogens (primary N) is 1. The normalized spacial score (nSPS) is 20.9. The van der Waals surface area contributed by atoms with E-state index in [4.69, 9.17) is 22.1 Å². The predicted molar refractivity (Wildman–Crippen MR) is 91.9 cm³/mol. The second kappa shape index (κ2) is 9.23. The van der Waals surface area contributed by atoms with Crippen molar-refractivity contribution in [3.8, 4) is 5.75 Å². The second-order valence-corrected chi connectivity index (χ2v) is 6.01. The minimum Gasteiger partial charge on any atom is -0.483 e. The summed E-state index contributed by atoms with van der Waals surface area (Å²) >= 11 is 6.03. The molecule has 0 radical (unpaired) electrons. The maximum absolute atomic E-state index is 12.0. The number of halogens is 2. The lowest BCUT2D eigenvalue weighted by Gasteiger charge is -2.31. The molecule has 1 amide bonds. The fourth-order valence-electron chi connectivity index (χ4n) is 2.82. The number of ether oxygens (including phenoxy) is 1. The van der Waals surface area contributed by atoms with Gasteiger partial charge in [0.25, 0.3) is 5.91 Å². The van der Waals surface area contributed by atoms with Crippen molar-refractivity contribution in [3.63, 3.8) is 0 Å². The van der Waals surface area contributed by atoms with Crippen molar-refractivity contribution in [2.75, 3.05) is 13.2 Å². The number of rotatable bonds is 5. The first kappa shape index (κ1) is 19.1. The molecule has 6 heteroatoms. The minimum atomic E-state index is -0.0975. The molecule has 2 rings (SSSR count). The smallest absolute Gasteiger partial charge is 0.258 e. The van der Waals surface area contributed by atoms with Gasteiger partial charge in [-0.05, 0) is 44.4 Å². The van der Waals surface area contributed by atoms with Crippen molar-refractivity contribution in [1.29, 1.82) is 0 Å². The Bertz CT molecular complexity index is 497. The summed E-state index contributed by atoms with van der Waals surface area (Å²) in [5, 5.41) is 3.69. The van der Waals surface area contributed by atoms with Crippen LogP contribution in [0.1, 0.15) is 31.2 Å². The molecule has 2 atom stereocenters. The summed E-state index contributed by atoms with van der Waals surface area (Å²) in [4.78, 5) is 12.0. The van der Waals surface area contributed by atoms with Gasteiger partial charge in [-0.2, -0.15) is 0 Å². The van der Waals surface area contributed by atoms with Gasteiger partial charge in [-0.15, -0.1) is 12.4 Å². The first-order chi connectivity index (χ1) is 10.1. The molecule has 0 saturated heterocycles. The highest BCUT2D eigenvalue weighted by atomic mass is 35.5. The van der Waals surface area contributed by atoms with E-state index < -0.39 is 0 Å². The van der Waals surface area contributed by atoms with Crippen LogP contribution in [0.5, 0.6) is 5.75 Å². The number of nitrogens with one attached hydrogen (secondary N) is 1. The SMILES string of the molecule is Cc1c(Cl)cccc1OCC(=O)NC1CCCCC1CN.Cl. The van der Waals surface area contributed by atoms with Crippen molar-refractivity contribution in [2.45, 2.75) is 38.6 Å². The van der Waals surface area contributed by atoms with Crippen LogP contribution in [0.4, 0.5) is 0 Å². The van der Waals surface area contributed by atoms with Crippen LogP contribution in [0.25, 0.3) is 0 Å². The number of hydrogen-bond acceptors (Lipinski definition) is 3. The molecule has 1 aromatic carbocycles. The predicted octanol–water partition coefficient (Wildman–Crippen LogP) is 3.08. The van der Waals surface area contributed by atoms with Gasteiger partial charge in [0.1, 0.15) is 5.75 Å². The van der Waals surface area contributed by atoms with E-state index in [0.717, 1.165) is 24.8 Å². The minimum absolute atomic E-state index is 0. The molecule has 0 heterocycles. The molecule has 3 N–H and O–H groups in total. The molecule has 22 heavy (non-hydrogen) atoms. The first-order valence-electron chi connectivity index (χ1n) is 7.49. The third-order valence-electron chi connectivity index (χ3n) is 4.13. The Hall–Kier alpha value is -0.970. The topological polar surface area (TPSA) is 64.3 Å². The lowest BCUT2D eigenvalue weighted by atomic mass is 9.84. The highest BCUT2D eigenvalue weighted by molar-refractivity contribution is 6.31. The zero-order valence-corrected chi connectivity index (χ0v) is 14.4. The van der Waals surface area contributed by atoms with E-state index >= 15 is 0 Å². The maximum Gasteiger partial charge on any atom is 0.258 e.